The Labute approximate surface area is 118 Å². The van der Waals surface area contributed by atoms with Crippen molar-refractivity contribution in [3.63, 3.8) is 0 Å². The zero-order valence-corrected chi connectivity index (χ0v) is 11.3. The SMILES string of the molecule is NC1(CC(=O)N[C@H](C(=O)O)c2ccccc2)CCCC1. The molecule has 20 heavy (non-hydrogen) atoms. The molecular formula is C15H20N2O3. The van der Waals surface area contributed by atoms with Crippen LogP contribution < -0.4 is 11.1 Å². The van der Waals surface area contributed by atoms with E-state index >= 15 is 0 Å². The van der Waals surface area contributed by atoms with Gasteiger partial charge < -0.3 is 16.2 Å². The minimum atomic E-state index is -1.07. The van der Waals surface area contributed by atoms with Crippen LogP contribution in [0.3, 0.4) is 0 Å². The van der Waals surface area contributed by atoms with Crippen molar-refractivity contribution in [1.29, 1.82) is 0 Å². The van der Waals surface area contributed by atoms with Crippen LogP contribution in [0.2, 0.25) is 0 Å². The number of aliphatic carboxylic acids is 1. The summed E-state index contributed by atoms with van der Waals surface area (Å²) in [6, 6.07) is 7.66. The first kappa shape index (κ1) is 14.5. The molecular weight excluding hydrogens is 256 g/mol. The summed E-state index contributed by atoms with van der Waals surface area (Å²) < 4.78 is 0. The molecule has 0 saturated heterocycles. The van der Waals surface area contributed by atoms with Crippen LogP contribution >= 0.6 is 0 Å². The highest BCUT2D eigenvalue weighted by Gasteiger charge is 2.33. The minimum absolute atomic E-state index is 0.184. The standard InChI is InChI=1S/C15H20N2O3/c16-15(8-4-5-9-15)10-12(18)17-13(14(19)20)11-6-2-1-3-7-11/h1-3,6-7,13H,4-5,8-10,16H2,(H,17,18)(H,19,20)/t13-/m0/s1. The lowest BCUT2D eigenvalue weighted by Gasteiger charge is -2.24. The highest BCUT2D eigenvalue weighted by molar-refractivity contribution is 5.85. The Kier molecular flexibility index (Phi) is 4.39. The maximum Gasteiger partial charge on any atom is 0.330 e. The van der Waals surface area contributed by atoms with Crippen LogP contribution in [0.15, 0.2) is 30.3 Å². The molecule has 0 aliphatic heterocycles. The molecule has 4 N–H and O–H groups in total. The van der Waals surface area contributed by atoms with Crippen molar-refractivity contribution in [2.24, 2.45) is 5.73 Å². The van der Waals surface area contributed by atoms with E-state index in [9.17, 15) is 14.7 Å². The van der Waals surface area contributed by atoms with Crippen molar-refractivity contribution >= 4 is 11.9 Å². The van der Waals surface area contributed by atoms with Gasteiger partial charge in [0, 0.05) is 12.0 Å². The number of benzene rings is 1. The molecule has 0 aromatic heterocycles. The fourth-order valence-corrected chi connectivity index (χ4v) is 2.72. The quantitative estimate of drug-likeness (QED) is 0.761. The van der Waals surface area contributed by atoms with Gasteiger partial charge in [0.15, 0.2) is 6.04 Å². The molecule has 1 amide bonds. The van der Waals surface area contributed by atoms with Crippen LogP contribution in [0.25, 0.3) is 0 Å². The number of carbonyl (C=O) groups is 2. The van der Waals surface area contributed by atoms with Crippen LogP contribution in [0, 0.1) is 0 Å². The Morgan fingerprint density at radius 3 is 2.40 bits per heavy atom. The Hall–Kier alpha value is -1.88. The summed E-state index contributed by atoms with van der Waals surface area (Å²) in [6.45, 7) is 0. The van der Waals surface area contributed by atoms with Crippen molar-refractivity contribution in [1.82, 2.24) is 5.32 Å². The average molecular weight is 276 g/mol. The predicted molar refractivity (Wildman–Crippen MR) is 75.0 cm³/mol. The fraction of sp³-hybridized carbons (Fsp3) is 0.467. The molecule has 1 aliphatic carbocycles. The Morgan fingerprint density at radius 1 is 1.25 bits per heavy atom. The lowest BCUT2D eigenvalue weighted by atomic mass is 9.94. The predicted octanol–water partition coefficient (Wildman–Crippen LogP) is 1.59. The van der Waals surface area contributed by atoms with Gasteiger partial charge in [-0.3, -0.25) is 4.79 Å². The van der Waals surface area contributed by atoms with Gasteiger partial charge in [0.25, 0.3) is 0 Å². The fourth-order valence-electron chi connectivity index (χ4n) is 2.72. The molecule has 1 aromatic rings. The number of hydrogen-bond acceptors (Lipinski definition) is 3. The molecule has 1 fully saturated rings. The molecule has 108 valence electrons. The van der Waals surface area contributed by atoms with E-state index in [1.165, 1.54) is 0 Å². The van der Waals surface area contributed by atoms with Crippen LogP contribution in [-0.2, 0) is 9.59 Å². The minimum Gasteiger partial charge on any atom is -0.479 e. The third-order valence-corrected chi connectivity index (χ3v) is 3.80. The average Bonchev–Trinajstić information content (AvgIpc) is 2.83. The molecule has 0 heterocycles. The van der Waals surface area contributed by atoms with E-state index in [2.05, 4.69) is 5.32 Å². The lowest BCUT2D eigenvalue weighted by Crippen LogP contribution is -2.44. The van der Waals surface area contributed by atoms with Crippen molar-refractivity contribution in [2.45, 2.75) is 43.7 Å². The van der Waals surface area contributed by atoms with E-state index < -0.39 is 17.6 Å². The summed E-state index contributed by atoms with van der Waals surface area (Å²) in [4.78, 5) is 23.3. The van der Waals surface area contributed by atoms with E-state index in [4.69, 9.17) is 5.73 Å². The molecule has 1 aromatic carbocycles. The third-order valence-electron chi connectivity index (χ3n) is 3.80. The maximum absolute atomic E-state index is 12.0. The normalized spacial score (nSPS) is 18.4. The second-order valence-corrected chi connectivity index (χ2v) is 5.50. The van der Waals surface area contributed by atoms with Gasteiger partial charge in [0.1, 0.15) is 0 Å². The summed E-state index contributed by atoms with van der Waals surface area (Å²) in [5.41, 5.74) is 6.23. The summed E-state index contributed by atoms with van der Waals surface area (Å²) in [7, 11) is 0. The zero-order valence-electron chi connectivity index (χ0n) is 11.3. The highest BCUT2D eigenvalue weighted by atomic mass is 16.4. The third kappa shape index (κ3) is 3.57. The van der Waals surface area contributed by atoms with E-state index in [1.54, 1.807) is 30.3 Å². The number of nitrogens with two attached hydrogens (primary N) is 1. The van der Waals surface area contributed by atoms with Crippen LogP contribution in [-0.4, -0.2) is 22.5 Å². The molecule has 5 nitrogen and oxygen atoms in total. The number of hydrogen-bond donors (Lipinski definition) is 3. The maximum atomic E-state index is 12.0. The van der Waals surface area contributed by atoms with Crippen LogP contribution in [0.5, 0.6) is 0 Å². The monoisotopic (exact) mass is 276 g/mol. The van der Waals surface area contributed by atoms with Crippen LogP contribution in [0.4, 0.5) is 0 Å². The first-order valence-electron chi connectivity index (χ1n) is 6.86. The first-order valence-corrected chi connectivity index (χ1v) is 6.86. The van der Waals surface area contributed by atoms with Gasteiger partial charge in [-0.15, -0.1) is 0 Å². The second-order valence-electron chi connectivity index (χ2n) is 5.50. The molecule has 0 bridgehead atoms. The number of rotatable bonds is 5. The summed E-state index contributed by atoms with van der Waals surface area (Å²) >= 11 is 0. The van der Waals surface area contributed by atoms with E-state index in [1.807, 2.05) is 0 Å². The second kappa shape index (κ2) is 6.05. The number of carbonyl (C=O) groups excluding carboxylic acids is 1. The molecule has 0 spiro atoms. The van der Waals surface area contributed by atoms with Crippen molar-refractivity contribution in [3.8, 4) is 0 Å². The summed E-state index contributed by atoms with van der Waals surface area (Å²) in [5, 5.41) is 11.8. The van der Waals surface area contributed by atoms with Gasteiger partial charge in [-0.2, -0.15) is 0 Å². The largest absolute Gasteiger partial charge is 0.479 e. The first-order chi connectivity index (χ1) is 9.50. The zero-order chi connectivity index (χ0) is 14.6. The van der Waals surface area contributed by atoms with E-state index in [-0.39, 0.29) is 12.3 Å². The van der Waals surface area contributed by atoms with Gasteiger partial charge in [0.2, 0.25) is 5.91 Å². The van der Waals surface area contributed by atoms with E-state index in [0.29, 0.717) is 5.56 Å². The number of carboxylic acid groups (broad SMARTS) is 1. The number of carboxylic acids is 1. The molecule has 1 atom stereocenters. The molecule has 1 saturated carbocycles. The summed E-state index contributed by atoms with van der Waals surface area (Å²) in [6.07, 6.45) is 3.90. The van der Waals surface area contributed by atoms with Gasteiger partial charge in [-0.1, -0.05) is 43.2 Å². The van der Waals surface area contributed by atoms with Gasteiger partial charge >= 0.3 is 5.97 Å². The lowest BCUT2D eigenvalue weighted by molar-refractivity contribution is -0.142. The van der Waals surface area contributed by atoms with Crippen molar-refractivity contribution in [2.75, 3.05) is 0 Å². The van der Waals surface area contributed by atoms with Crippen molar-refractivity contribution in [3.05, 3.63) is 35.9 Å². The topological polar surface area (TPSA) is 92.4 Å². The Morgan fingerprint density at radius 2 is 1.85 bits per heavy atom. The van der Waals surface area contributed by atoms with Crippen molar-refractivity contribution < 1.29 is 14.7 Å². The number of nitrogens with one attached hydrogen (secondary N) is 1. The smallest absolute Gasteiger partial charge is 0.330 e. The molecule has 5 heteroatoms. The van der Waals surface area contributed by atoms with Gasteiger partial charge in [-0.05, 0) is 18.4 Å². The molecule has 1 aliphatic rings. The van der Waals surface area contributed by atoms with Gasteiger partial charge in [0.05, 0.1) is 0 Å². The molecule has 2 rings (SSSR count). The molecule has 0 radical (unpaired) electrons. The Balaban J connectivity index is 2.02. The Bertz CT molecular complexity index is 481. The highest BCUT2D eigenvalue weighted by Crippen LogP contribution is 2.30. The van der Waals surface area contributed by atoms with E-state index in [0.717, 1.165) is 25.7 Å². The molecule has 0 unspecified atom stereocenters. The number of amides is 1. The van der Waals surface area contributed by atoms with Crippen LogP contribution in [0.1, 0.15) is 43.7 Å². The summed E-state index contributed by atoms with van der Waals surface area (Å²) in [5.74, 6) is -1.37. The van der Waals surface area contributed by atoms with Gasteiger partial charge in [-0.25, -0.2) is 4.79 Å².